The molecule has 8 heteroatoms. The number of amides is 4. The molecule has 0 radical (unpaired) electrons. The number of fused-ring (bicyclic) bond motifs is 1. The van der Waals surface area contributed by atoms with Crippen molar-refractivity contribution in [2.75, 3.05) is 5.32 Å². The third-order valence-corrected chi connectivity index (χ3v) is 5.49. The largest absolute Gasteiger partial charge is 0.326 e. The van der Waals surface area contributed by atoms with Gasteiger partial charge in [-0.15, -0.1) is 11.3 Å². The van der Waals surface area contributed by atoms with Crippen molar-refractivity contribution in [2.45, 2.75) is 25.3 Å². The summed E-state index contributed by atoms with van der Waals surface area (Å²) in [6.45, 7) is 0. The van der Waals surface area contributed by atoms with Crippen LogP contribution in [0.25, 0.3) is 10.2 Å². The monoisotopic (exact) mass is 394 g/mol. The molecule has 1 aliphatic heterocycles. The molecule has 0 spiro atoms. The summed E-state index contributed by atoms with van der Waals surface area (Å²) < 4.78 is 1.17. The Labute approximate surface area is 165 Å². The maximum atomic E-state index is 12.1. The number of imide groups is 1. The van der Waals surface area contributed by atoms with Gasteiger partial charge in [-0.3, -0.25) is 14.9 Å². The third-order valence-electron chi connectivity index (χ3n) is 4.45. The number of benzene rings is 2. The van der Waals surface area contributed by atoms with E-state index in [1.54, 1.807) is 11.3 Å². The van der Waals surface area contributed by atoms with Crippen LogP contribution in [0.1, 0.15) is 23.4 Å². The van der Waals surface area contributed by atoms with Gasteiger partial charge in [-0.25, -0.2) is 9.78 Å². The van der Waals surface area contributed by atoms with Crippen LogP contribution in [0.15, 0.2) is 48.5 Å². The van der Waals surface area contributed by atoms with Crippen LogP contribution in [-0.2, 0) is 16.0 Å². The molecule has 4 amide bonds. The molecule has 7 nitrogen and oxygen atoms in total. The van der Waals surface area contributed by atoms with Crippen molar-refractivity contribution in [1.82, 2.24) is 15.6 Å². The summed E-state index contributed by atoms with van der Waals surface area (Å²) in [6, 6.07) is 14.5. The van der Waals surface area contributed by atoms with Crippen LogP contribution >= 0.6 is 11.3 Å². The number of anilines is 1. The number of aromatic nitrogens is 1. The van der Waals surface area contributed by atoms with Gasteiger partial charge in [0.2, 0.25) is 5.91 Å². The number of nitrogens with one attached hydrogen (secondary N) is 3. The second-order valence-electron chi connectivity index (χ2n) is 6.55. The fourth-order valence-electron chi connectivity index (χ4n) is 3.04. The van der Waals surface area contributed by atoms with Gasteiger partial charge in [0.05, 0.1) is 15.2 Å². The van der Waals surface area contributed by atoms with E-state index in [0.717, 1.165) is 22.5 Å². The van der Waals surface area contributed by atoms with Crippen LogP contribution in [0, 0.1) is 0 Å². The first-order valence-corrected chi connectivity index (χ1v) is 9.73. The zero-order chi connectivity index (χ0) is 19.5. The van der Waals surface area contributed by atoms with E-state index in [0.29, 0.717) is 5.69 Å². The van der Waals surface area contributed by atoms with Crippen LogP contribution in [-0.4, -0.2) is 28.9 Å². The zero-order valence-corrected chi connectivity index (χ0v) is 15.7. The van der Waals surface area contributed by atoms with Crippen molar-refractivity contribution >= 4 is 45.1 Å². The summed E-state index contributed by atoms with van der Waals surface area (Å²) in [5.41, 5.74) is 2.82. The molecule has 28 heavy (non-hydrogen) atoms. The van der Waals surface area contributed by atoms with Gasteiger partial charge in [0, 0.05) is 18.5 Å². The van der Waals surface area contributed by atoms with Crippen molar-refractivity contribution in [1.29, 1.82) is 0 Å². The Morgan fingerprint density at radius 2 is 1.89 bits per heavy atom. The lowest BCUT2D eigenvalue weighted by Crippen LogP contribution is -2.30. The maximum Gasteiger partial charge on any atom is 0.322 e. The SMILES string of the molecule is O=C(CC[C@@H]1NC(=O)NC1=O)Nc1ccc(Cc2nc3ccccc3s2)cc1. The second kappa shape index (κ2) is 7.77. The highest BCUT2D eigenvalue weighted by Crippen LogP contribution is 2.24. The van der Waals surface area contributed by atoms with Gasteiger partial charge in [0.15, 0.2) is 0 Å². The standard InChI is InChI=1S/C20H18N4O3S/c25-17(10-9-15-19(26)24-20(27)23-15)21-13-7-5-12(6-8-13)11-18-22-14-3-1-2-4-16(14)28-18/h1-8,15H,9-11H2,(H,21,25)(H2,23,24,26,27)/t15-/m0/s1. The van der Waals surface area contributed by atoms with E-state index in [9.17, 15) is 14.4 Å². The average molecular weight is 394 g/mol. The van der Waals surface area contributed by atoms with Crippen LogP contribution in [0.2, 0.25) is 0 Å². The van der Waals surface area contributed by atoms with Gasteiger partial charge in [-0.1, -0.05) is 24.3 Å². The summed E-state index contributed by atoms with van der Waals surface area (Å²) in [5.74, 6) is -0.593. The van der Waals surface area contributed by atoms with Crippen molar-refractivity contribution in [3.05, 3.63) is 59.1 Å². The summed E-state index contributed by atoms with van der Waals surface area (Å²) in [6.07, 6.45) is 1.15. The Kier molecular flexibility index (Phi) is 5.03. The molecule has 0 unspecified atom stereocenters. The van der Waals surface area contributed by atoms with Crippen LogP contribution in [0.3, 0.4) is 0 Å². The number of nitrogens with zero attached hydrogens (tertiary/aromatic N) is 1. The molecular weight excluding hydrogens is 376 g/mol. The number of carbonyl (C=O) groups excluding carboxylic acids is 3. The minimum absolute atomic E-state index is 0.145. The van der Waals surface area contributed by atoms with Crippen LogP contribution in [0.5, 0.6) is 0 Å². The number of thiazole rings is 1. The highest BCUT2D eigenvalue weighted by molar-refractivity contribution is 7.18. The molecule has 0 bridgehead atoms. The quantitative estimate of drug-likeness (QED) is 0.560. The predicted octanol–water partition coefficient (Wildman–Crippen LogP) is 2.81. The van der Waals surface area contributed by atoms with Crippen molar-refractivity contribution in [3.63, 3.8) is 0 Å². The fraction of sp³-hybridized carbons (Fsp3) is 0.200. The number of hydrogen-bond acceptors (Lipinski definition) is 5. The Balaban J connectivity index is 1.31. The number of urea groups is 1. The molecule has 2 heterocycles. The van der Waals surface area contributed by atoms with Crippen LogP contribution in [0.4, 0.5) is 10.5 Å². The van der Waals surface area contributed by atoms with Gasteiger partial charge < -0.3 is 10.6 Å². The molecule has 1 fully saturated rings. The predicted molar refractivity (Wildman–Crippen MR) is 107 cm³/mol. The molecule has 3 aromatic rings. The molecule has 1 aromatic heterocycles. The molecule has 4 rings (SSSR count). The summed E-state index contributed by atoms with van der Waals surface area (Å²) in [5, 5.41) is 8.49. The lowest BCUT2D eigenvalue weighted by atomic mass is 10.1. The Bertz CT molecular complexity index is 1010. The Morgan fingerprint density at radius 3 is 2.61 bits per heavy atom. The summed E-state index contributed by atoms with van der Waals surface area (Å²) >= 11 is 1.68. The number of para-hydroxylation sites is 1. The molecule has 142 valence electrons. The highest BCUT2D eigenvalue weighted by atomic mass is 32.1. The molecular formula is C20H18N4O3S. The molecule has 1 aliphatic rings. The zero-order valence-electron chi connectivity index (χ0n) is 14.9. The van der Waals surface area contributed by atoms with E-state index in [-0.39, 0.29) is 18.7 Å². The first-order chi connectivity index (χ1) is 13.6. The molecule has 2 aromatic carbocycles. The second-order valence-corrected chi connectivity index (χ2v) is 7.67. The Hall–Kier alpha value is -3.26. The van der Waals surface area contributed by atoms with Crippen LogP contribution < -0.4 is 16.0 Å². The van der Waals surface area contributed by atoms with Crippen molar-refractivity contribution in [3.8, 4) is 0 Å². The number of hydrogen-bond donors (Lipinski definition) is 3. The molecule has 1 atom stereocenters. The highest BCUT2D eigenvalue weighted by Gasteiger charge is 2.29. The van der Waals surface area contributed by atoms with Gasteiger partial charge in [-0.2, -0.15) is 0 Å². The third kappa shape index (κ3) is 4.17. The van der Waals surface area contributed by atoms with Gasteiger partial charge >= 0.3 is 6.03 Å². The van der Waals surface area contributed by atoms with E-state index < -0.39 is 18.0 Å². The number of carbonyl (C=O) groups is 3. The van der Waals surface area contributed by atoms with Crippen molar-refractivity contribution in [2.24, 2.45) is 0 Å². The first kappa shape index (κ1) is 18.1. The van der Waals surface area contributed by atoms with E-state index in [2.05, 4.69) is 27.0 Å². The van der Waals surface area contributed by atoms with Gasteiger partial charge in [0.1, 0.15) is 6.04 Å². The molecule has 1 saturated heterocycles. The van der Waals surface area contributed by atoms with E-state index in [4.69, 9.17) is 0 Å². The van der Waals surface area contributed by atoms with Crippen molar-refractivity contribution < 1.29 is 14.4 Å². The lowest BCUT2D eigenvalue weighted by Gasteiger charge is -2.08. The van der Waals surface area contributed by atoms with E-state index in [1.165, 1.54) is 4.70 Å². The molecule has 0 saturated carbocycles. The Morgan fingerprint density at radius 1 is 1.11 bits per heavy atom. The average Bonchev–Trinajstić information content (AvgIpc) is 3.23. The summed E-state index contributed by atoms with van der Waals surface area (Å²) in [4.78, 5) is 39.2. The number of rotatable bonds is 6. The molecule has 3 N–H and O–H groups in total. The normalized spacial score (nSPS) is 16.1. The van der Waals surface area contributed by atoms with E-state index in [1.807, 2.05) is 42.5 Å². The molecule has 0 aliphatic carbocycles. The fourth-order valence-corrected chi connectivity index (χ4v) is 4.04. The minimum atomic E-state index is -0.644. The summed E-state index contributed by atoms with van der Waals surface area (Å²) in [7, 11) is 0. The van der Waals surface area contributed by atoms with Gasteiger partial charge in [-0.05, 0) is 36.2 Å². The first-order valence-electron chi connectivity index (χ1n) is 8.91. The smallest absolute Gasteiger partial charge is 0.322 e. The lowest BCUT2D eigenvalue weighted by molar-refractivity contribution is -0.120. The maximum absolute atomic E-state index is 12.1. The topological polar surface area (TPSA) is 100 Å². The van der Waals surface area contributed by atoms with E-state index >= 15 is 0 Å². The minimum Gasteiger partial charge on any atom is -0.326 e. The van der Waals surface area contributed by atoms with Gasteiger partial charge in [0.25, 0.3) is 5.91 Å².